The van der Waals surface area contributed by atoms with Crippen molar-refractivity contribution in [2.45, 2.75) is 71.8 Å². The largest absolute Gasteiger partial charge is 0.501 e. The highest BCUT2D eigenvalue weighted by Crippen LogP contribution is 2.52. The summed E-state index contributed by atoms with van der Waals surface area (Å²) >= 11 is 0. The van der Waals surface area contributed by atoms with Gasteiger partial charge in [-0.2, -0.15) is 0 Å². The van der Waals surface area contributed by atoms with Crippen LogP contribution in [0.2, 0.25) is 58.9 Å². The van der Waals surface area contributed by atoms with Crippen LogP contribution in [0, 0.1) is 17.8 Å². The summed E-state index contributed by atoms with van der Waals surface area (Å²) in [7, 11) is -8.83. The molecule has 166 valence electrons. The third-order valence-corrected chi connectivity index (χ3v) is 16.6. The average Bonchev–Trinajstić information content (AvgIpc) is 3.07. The van der Waals surface area contributed by atoms with Gasteiger partial charge >= 0.3 is 14.8 Å². The van der Waals surface area contributed by atoms with Gasteiger partial charge in [0.25, 0.3) is 0 Å². The predicted molar refractivity (Wildman–Crippen MR) is 128 cm³/mol. The molecule has 0 heterocycles. The van der Waals surface area contributed by atoms with Crippen molar-refractivity contribution in [3.8, 4) is 0 Å². The monoisotopic (exact) mass is 472 g/mol. The van der Waals surface area contributed by atoms with Gasteiger partial charge in [-0.3, -0.25) is 4.79 Å². The van der Waals surface area contributed by atoms with Crippen LogP contribution in [0.15, 0.2) is 23.9 Å². The van der Waals surface area contributed by atoms with Crippen molar-refractivity contribution in [3.05, 3.63) is 23.9 Å². The summed E-state index contributed by atoms with van der Waals surface area (Å²) < 4.78 is 26.0. The number of fused-ring (bicyclic) bond motifs is 2. The van der Waals surface area contributed by atoms with E-state index in [0.29, 0.717) is 0 Å². The van der Waals surface area contributed by atoms with Gasteiger partial charge in [0, 0.05) is 0 Å². The quantitative estimate of drug-likeness (QED) is 0.244. The van der Waals surface area contributed by atoms with Crippen molar-refractivity contribution in [2.75, 3.05) is 6.61 Å². The van der Waals surface area contributed by atoms with E-state index in [2.05, 4.69) is 71.6 Å². The Morgan fingerprint density at radius 2 is 1.45 bits per heavy atom. The molecule has 0 aromatic heterocycles. The molecule has 3 atom stereocenters. The number of ether oxygens (including phenoxy) is 1. The van der Waals surface area contributed by atoms with Gasteiger partial charge < -0.3 is 17.1 Å². The lowest BCUT2D eigenvalue weighted by Gasteiger charge is -2.45. The van der Waals surface area contributed by atoms with Crippen molar-refractivity contribution in [2.24, 2.45) is 17.8 Å². The van der Waals surface area contributed by atoms with Crippen LogP contribution < -0.4 is 0 Å². The Hall–Kier alpha value is -0.302. The Morgan fingerprint density at radius 3 is 1.79 bits per heavy atom. The molecule has 2 bridgehead atoms. The zero-order valence-corrected chi connectivity index (χ0v) is 23.8. The normalized spacial score (nSPS) is 25.1. The summed E-state index contributed by atoms with van der Waals surface area (Å²) in [5.41, 5.74) is 0. The molecule has 5 nitrogen and oxygen atoms in total. The fraction of sp³-hybridized carbons (Fsp3) is 0.750. The van der Waals surface area contributed by atoms with Gasteiger partial charge in [0.15, 0.2) is 25.0 Å². The van der Waals surface area contributed by atoms with Crippen LogP contribution in [0.1, 0.15) is 12.8 Å². The number of hydrogen-bond acceptors (Lipinski definition) is 5. The van der Waals surface area contributed by atoms with Crippen LogP contribution in [0.4, 0.5) is 0 Å². The maximum atomic E-state index is 12.5. The van der Waals surface area contributed by atoms with E-state index in [4.69, 9.17) is 17.1 Å². The lowest BCUT2D eigenvalue weighted by atomic mass is 9.94. The highest BCUT2D eigenvalue weighted by Gasteiger charge is 2.59. The van der Waals surface area contributed by atoms with Crippen molar-refractivity contribution in [1.29, 1.82) is 0 Å². The molecule has 2 aliphatic carbocycles. The summed E-state index contributed by atoms with van der Waals surface area (Å²) in [6.07, 6.45) is 5.66. The first-order valence-electron chi connectivity index (χ1n) is 10.7. The van der Waals surface area contributed by atoms with Gasteiger partial charge in [0.1, 0.15) is 6.61 Å². The fourth-order valence-corrected chi connectivity index (χ4v) is 18.1. The van der Waals surface area contributed by atoms with E-state index in [1.165, 1.54) is 5.20 Å². The molecular weight excluding hydrogens is 433 g/mol. The average molecular weight is 473 g/mol. The highest BCUT2D eigenvalue weighted by molar-refractivity contribution is 6.93. The molecule has 0 spiro atoms. The first kappa shape index (κ1) is 25.0. The summed E-state index contributed by atoms with van der Waals surface area (Å²) in [6, 6.07) is 0. The first-order chi connectivity index (χ1) is 13.1. The standard InChI is InChI=1S/C20H40O5Si4/c1-11-12-22-20(21)18-14-17-13-16(18)15-19(17)29(23-26(2,3)4,24-27(5,6)7)25-28(8,9)10/h11,15-18H,1,12-14H2,2-10H3. The second-order valence-corrected chi connectivity index (χ2v) is 28.0. The Bertz CT molecular complexity index is 616. The predicted octanol–water partition coefficient (Wildman–Crippen LogP) is 5.33. The van der Waals surface area contributed by atoms with Crippen LogP contribution in [-0.4, -0.2) is 46.3 Å². The van der Waals surface area contributed by atoms with Gasteiger partial charge in [0.2, 0.25) is 0 Å². The third kappa shape index (κ3) is 6.84. The first-order valence-corrected chi connectivity index (χ1v) is 22.6. The van der Waals surface area contributed by atoms with Crippen LogP contribution in [0.5, 0.6) is 0 Å². The minimum absolute atomic E-state index is 0.0685. The molecule has 29 heavy (non-hydrogen) atoms. The van der Waals surface area contributed by atoms with Crippen LogP contribution in [0.3, 0.4) is 0 Å². The maximum Gasteiger partial charge on any atom is 0.501 e. The summed E-state index contributed by atoms with van der Waals surface area (Å²) in [5, 5.41) is 1.24. The number of rotatable bonds is 10. The smallest absolute Gasteiger partial charge is 0.461 e. The lowest BCUT2D eigenvalue weighted by Crippen LogP contribution is -2.62. The Labute approximate surface area is 181 Å². The minimum atomic E-state index is -3.03. The molecule has 3 unspecified atom stereocenters. The molecule has 2 rings (SSSR count). The van der Waals surface area contributed by atoms with Gasteiger partial charge in [-0.05, 0) is 88.8 Å². The summed E-state index contributed by atoms with van der Waals surface area (Å²) in [5.74, 6) is 0.307. The van der Waals surface area contributed by atoms with E-state index in [1.54, 1.807) is 6.08 Å². The Balaban J connectivity index is 2.42. The van der Waals surface area contributed by atoms with E-state index < -0.39 is 33.8 Å². The molecule has 0 N–H and O–H groups in total. The molecule has 9 heteroatoms. The van der Waals surface area contributed by atoms with Crippen molar-refractivity contribution in [3.63, 3.8) is 0 Å². The second kappa shape index (κ2) is 8.68. The Morgan fingerprint density at radius 1 is 0.966 bits per heavy atom. The van der Waals surface area contributed by atoms with E-state index in [1.807, 2.05) is 0 Å². The van der Waals surface area contributed by atoms with Gasteiger partial charge in [-0.25, -0.2) is 0 Å². The summed E-state index contributed by atoms with van der Waals surface area (Å²) in [6.45, 7) is 23.8. The second-order valence-electron chi connectivity index (χ2n) is 11.2. The number of carbonyl (C=O) groups excluding carboxylic acids is 1. The maximum absolute atomic E-state index is 12.5. The van der Waals surface area contributed by atoms with E-state index in [0.717, 1.165) is 12.8 Å². The molecule has 0 aliphatic heterocycles. The molecule has 0 radical (unpaired) electrons. The minimum Gasteiger partial charge on any atom is -0.461 e. The summed E-state index contributed by atoms with van der Waals surface area (Å²) in [4.78, 5) is 12.5. The van der Waals surface area contributed by atoms with Crippen molar-refractivity contribution < 1.29 is 21.9 Å². The number of carbonyl (C=O) groups is 1. The molecule has 0 aromatic carbocycles. The van der Waals surface area contributed by atoms with E-state index in [-0.39, 0.29) is 30.3 Å². The molecule has 0 saturated heterocycles. The zero-order chi connectivity index (χ0) is 22.3. The molecule has 0 aromatic rings. The van der Waals surface area contributed by atoms with Crippen molar-refractivity contribution >= 4 is 39.7 Å². The molecule has 2 aliphatic rings. The molecule has 1 fully saturated rings. The SMILES string of the molecule is C=CCOC(=O)C1CC2CC1C=C2[Si](O[Si](C)(C)C)(O[Si](C)(C)C)O[Si](C)(C)C. The number of allylic oxidation sites excluding steroid dienone is 2. The number of esters is 1. The van der Waals surface area contributed by atoms with Gasteiger partial charge in [-0.15, -0.1) is 0 Å². The lowest BCUT2D eigenvalue weighted by molar-refractivity contribution is -0.148. The van der Waals surface area contributed by atoms with E-state index >= 15 is 0 Å². The Kier molecular flexibility index (Phi) is 7.47. The topological polar surface area (TPSA) is 54.0 Å². The molecule has 0 amide bonds. The van der Waals surface area contributed by atoms with E-state index in [9.17, 15) is 4.79 Å². The van der Waals surface area contributed by atoms with Crippen LogP contribution >= 0.6 is 0 Å². The van der Waals surface area contributed by atoms with Crippen LogP contribution in [0.25, 0.3) is 0 Å². The van der Waals surface area contributed by atoms with Gasteiger partial charge in [0.05, 0.1) is 5.92 Å². The third-order valence-electron chi connectivity index (χ3n) is 4.77. The zero-order valence-electron chi connectivity index (χ0n) is 19.8. The van der Waals surface area contributed by atoms with Crippen LogP contribution in [-0.2, 0) is 21.9 Å². The fourth-order valence-electron chi connectivity index (χ4n) is 4.19. The number of hydrogen-bond donors (Lipinski definition) is 0. The van der Waals surface area contributed by atoms with Crippen molar-refractivity contribution in [1.82, 2.24) is 0 Å². The highest BCUT2D eigenvalue weighted by atomic mass is 28.5. The molecular formula is C20H40O5Si4. The molecule has 1 saturated carbocycles. The van der Waals surface area contributed by atoms with Gasteiger partial charge in [-0.1, -0.05) is 18.7 Å².